The van der Waals surface area contributed by atoms with Crippen LogP contribution in [0.3, 0.4) is 0 Å². The van der Waals surface area contributed by atoms with Crippen molar-refractivity contribution in [1.82, 2.24) is 14.9 Å². The van der Waals surface area contributed by atoms with Crippen molar-refractivity contribution in [3.63, 3.8) is 0 Å². The molecule has 4 heteroatoms. The third kappa shape index (κ3) is 3.45. The first-order valence-electron chi connectivity index (χ1n) is 5.65. The number of carbonyl (C=O) groups is 1. The van der Waals surface area contributed by atoms with Gasteiger partial charge < -0.3 is 9.88 Å². The largest absolute Gasteiger partial charge is 0.354 e. The molecular weight excluding hydrogens is 214 g/mol. The minimum atomic E-state index is -0.0418. The highest BCUT2D eigenvalue weighted by atomic mass is 16.1. The van der Waals surface area contributed by atoms with E-state index >= 15 is 0 Å². The van der Waals surface area contributed by atoms with E-state index in [0.717, 1.165) is 13.0 Å². The fraction of sp³-hybridized carbons (Fsp3) is 0.231. The zero-order valence-electron chi connectivity index (χ0n) is 9.54. The third-order valence-electron chi connectivity index (χ3n) is 2.49. The molecule has 0 aromatic carbocycles. The van der Waals surface area contributed by atoms with E-state index in [9.17, 15) is 4.79 Å². The summed E-state index contributed by atoms with van der Waals surface area (Å²) in [5, 5.41) is 2.88. The maximum Gasteiger partial charge on any atom is 0.251 e. The first-order valence-corrected chi connectivity index (χ1v) is 5.65. The molecule has 0 spiro atoms. The quantitative estimate of drug-likeness (QED) is 0.793. The van der Waals surface area contributed by atoms with Crippen LogP contribution in [0.1, 0.15) is 16.8 Å². The van der Waals surface area contributed by atoms with Gasteiger partial charge in [0, 0.05) is 43.4 Å². The Morgan fingerprint density at radius 2 is 1.94 bits per heavy atom. The van der Waals surface area contributed by atoms with Crippen LogP contribution in [-0.2, 0) is 6.54 Å². The molecule has 0 aliphatic rings. The van der Waals surface area contributed by atoms with Gasteiger partial charge in [-0.1, -0.05) is 0 Å². The van der Waals surface area contributed by atoms with Crippen LogP contribution in [0.5, 0.6) is 0 Å². The highest BCUT2D eigenvalue weighted by Gasteiger charge is 2.02. The number of nitrogens with zero attached hydrogens (tertiary/aromatic N) is 2. The van der Waals surface area contributed by atoms with Crippen LogP contribution in [-0.4, -0.2) is 22.0 Å². The first-order chi connectivity index (χ1) is 8.36. The molecular formula is C13H15N3O. The predicted molar refractivity (Wildman–Crippen MR) is 65.6 cm³/mol. The minimum Gasteiger partial charge on any atom is -0.354 e. The van der Waals surface area contributed by atoms with E-state index in [-0.39, 0.29) is 5.91 Å². The molecule has 0 fully saturated rings. The molecule has 2 aromatic heterocycles. The monoisotopic (exact) mass is 229 g/mol. The van der Waals surface area contributed by atoms with Crippen LogP contribution in [0.25, 0.3) is 0 Å². The Bertz CT molecular complexity index is 451. The summed E-state index contributed by atoms with van der Waals surface area (Å²) in [7, 11) is 0. The zero-order valence-corrected chi connectivity index (χ0v) is 9.54. The molecule has 0 saturated heterocycles. The smallest absolute Gasteiger partial charge is 0.251 e. The topological polar surface area (TPSA) is 46.9 Å². The van der Waals surface area contributed by atoms with Gasteiger partial charge in [0.1, 0.15) is 0 Å². The lowest BCUT2D eigenvalue weighted by Crippen LogP contribution is -2.25. The number of hydrogen-bond acceptors (Lipinski definition) is 2. The molecule has 0 saturated carbocycles. The molecule has 0 unspecified atom stereocenters. The average Bonchev–Trinajstić information content (AvgIpc) is 2.88. The Hall–Kier alpha value is -2.10. The van der Waals surface area contributed by atoms with E-state index in [1.165, 1.54) is 0 Å². The lowest BCUT2D eigenvalue weighted by Gasteiger charge is -2.05. The molecule has 0 radical (unpaired) electrons. The van der Waals surface area contributed by atoms with Crippen LogP contribution in [0.2, 0.25) is 0 Å². The van der Waals surface area contributed by atoms with Crippen molar-refractivity contribution in [2.24, 2.45) is 0 Å². The second-order valence-corrected chi connectivity index (χ2v) is 3.77. The van der Waals surface area contributed by atoms with Gasteiger partial charge >= 0.3 is 0 Å². The molecule has 4 nitrogen and oxygen atoms in total. The molecule has 0 aliphatic heterocycles. The van der Waals surface area contributed by atoms with E-state index in [1.807, 2.05) is 24.5 Å². The molecule has 0 atom stereocenters. The molecule has 88 valence electrons. The molecule has 2 rings (SSSR count). The van der Waals surface area contributed by atoms with Gasteiger partial charge in [-0.2, -0.15) is 0 Å². The number of aryl methyl sites for hydroxylation is 1. The maximum atomic E-state index is 11.7. The normalized spacial score (nSPS) is 10.1. The van der Waals surface area contributed by atoms with Crippen molar-refractivity contribution < 1.29 is 4.79 Å². The summed E-state index contributed by atoms with van der Waals surface area (Å²) in [6, 6.07) is 7.41. The molecule has 0 aliphatic carbocycles. The Kier molecular flexibility index (Phi) is 3.91. The van der Waals surface area contributed by atoms with Crippen LogP contribution in [0, 0.1) is 0 Å². The summed E-state index contributed by atoms with van der Waals surface area (Å²) in [6.07, 6.45) is 8.20. The van der Waals surface area contributed by atoms with Crippen molar-refractivity contribution >= 4 is 5.91 Å². The number of pyridine rings is 1. The van der Waals surface area contributed by atoms with Crippen LogP contribution < -0.4 is 5.32 Å². The van der Waals surface area contributed by atoms with Gasteiger partial charge in [0.25, 0.3) is 5.91 Å². The van der Waals surface area contributed by atoms with E-state index in [4.69, 9.17) is 0 Å². The van der Waals surface area contributed by atoms with Gasteiger partial charge in [0.15, 0.2) is 0 Å². The van der Waals surface area contributed by atoms with Crippen LogP contribution in [0.15, 0.2) is 49.1 Å². The van der Waals surface area contributed by atoms with Gasteiger partial charge in [0.2, 0.25) is 0 Å². The van der Waals surface area contributed by atoms with Gasteiger partial charge in [0.05, 0.1) is 0 Å². The van der Waals surface area contributed by atoms with Gasteiger partial charge in [-0.25, -0.2) is 0 Å². The fourth-order valence-electron chi connectivity index (χ4n) is 1.59. The predicted octanol–water partition coefficient (Wildman–Crippen LogP) is 1.70. The summed E-state index contributed by atoms with van der Waals surface area (Å²) < 4.78 is 2.10. The summed E-state index contributed by atoms with van der Waals surface area (Å²) in [5.41, 5.74) is 0.654. The van der Waals surface area contributed by atoms with E-state index in [0.29, 0.717) is 12.1 Å². The summed E-state index contributed by atoms with van der Waals surface area (Å²) in [5.74, 6) is -0.0418. The highest BCUT2D eigenvalue weighted by Crippen LogP contribution is 1.96. The molecule has 1 N–H and O–H groups in total. The van der Waals surface area contributed by atoms with Crippen LogP contribution in [0.4, 0.5) is 0 Å². The Labute approximate surface area is 100 Å². The standard InChI is InChI=1S/C13H15N3O/c17-13(12-4-7-14-8-5-12)15-6-3-11-16-9-1-2-10-16/h1-2,4-5,7-10H,3,6,11H2,(H,15,17). The van der Waals surface area contributed by atoms with Crippen molar-refractivity contribution in [3.05, 3.63) is 54.6 Å². The first kappa shape index (κ1) is 11.4. The average molecular weight is 229 g/mol. The van der Waals surface area contributed by atoms with Crippen molar-refractivity contribution in [2.45, 2.75) is 13.0 Å². The van der Waals surface area contributed by atoms with E-state index in [2.05, 4.69) is 14.9 Å². The fourth-order valence-corrected chi connectivity index (χ4v) is 1.59. The van der Waals surface area contributed by atoms with Crippen molar-refractivity contribution in [3.8, 4) is 0 Å². The molecule has 2 aromatic rings. The lowest BCUT2D eigenvalue weighted by atomic mass is 10.2. The Morgan fingerprint density at radius 1 is 1.24 bits per heavy atom. The van der Waals surface area contributed by atoms with Crippen LogP contribution >= 0.6 is 0 Å². The van der Waals surface area contributed by atoms with Crippen molar-refractivity contribution in [2.75, 3.05) is 6.54 Å². The summed E-state index contributed by atoms with van der Waals surface area (Å²) in [6.45, 7) is 1.60. The molecule has 17 heavy (non-hydrogen) atoms. The third-order valence-corrected chi connectivity index (χ3v) is 2.49. The molecule has 2 heterocycles. The number of rotatable bonds is 5. The van der Waals surface area contributed by atoms with Gasteiger partial charge in [-0.15, -0.1) is 0 Å². The zero-order chi connectivity index (χ0) is 11.9. The molecule has 0 bridgehead atoms. The van der Waals surface area contributed by atoms with Gasteiger partial charge in [-0.3, -0.25) is 9.78 Å². The second-order valence-electron chi connectivity index (χ2n) is 3.77. The number of hydrogen-bond donors (Lipinski definition) is 1. The second kappa shape index (κ2) is 5.84. The highest BCUT2D eigenvalue weighted by molar-refractivity contribution is 5.93. The summed E-state index contributed by atoms with van der Waals surface area (Å²) >= 11 is 0. The minimum absolute atomic E-state index is 0.0418. The number of amides is 1. The Morgan fingerprint density at radius 3 is 2.65 bits per heavy atom. The number of nitrogens with one attached hydrogen (secondary N) is 1. The van der Waals surface area contributed by atoms with Gasteiger partial charge in [-0.05, 0) is 30.7 Å². The van der Waals surface area contributed by atoms with Crippen molar-refractivity contribution in [1.29, 1.82) is 0 Å². The SMILES string of the molecule is O=C(NCCCn1cccc1)c1ccncc1. The van der Waals surface area contributed by atoms with E-state index in [1.54, 1.807) is 24.5 Å². The molecule has 1 amide bonds. The maximum absolute atomic E-state index is 11.7. The van der Waals surface area contributed by atoms with E-state index < -0.39 is 0 Å². The Balaban J connectivity index is 1.70. The number of carbonyl (C=O) groups excluding carboxylic acids is 1. The summed E-state index contributed by atoms with van der Waals surface area (Å²) in [4.78, 5) is 15.5. The lowest BCUT2D eigenvalue weighted by molar-refractivity contribution is 0.0952. The number of aromatic nitrogens is 2.